The molecule has 7 nitrogen and oxygen atoms in total. The van der Waals surface area contributed by atoms with Crippen LogP contribution in [0.5, 0.6) is 0 Å². The van der Waals surface area contributed by atoms with Gasteiger partial charge in [0.1, 0.15) is 5.92 Å². The summed E-state index contributed by atoms with van der Waals surface area (Å²) in [5.41, 5.74) is 0. The van der Waals surface area contributed by atoms with Crippen LogP contribution < -0.4 is 0 Å². The highest BCUT2D eigenvalue weighted by Gasteiger charge is 2.49. The summed E-state index contributed by atoms with van der Waals surface area (Å²) in [6.45, 7) is -0.386. The fourth-order valence-corrected chi connectivity index (χ4v) is 1.38. The predicted octanol–water partition coefficient (Wildman–Crippen LogP) is -0.707. The van der Waals surface area contributed by atoms with E-state index in [1.165, 1.54) is 0 Å². The van der Waals surface area contributed by atoms with Crippen LogP contribution in [0.3, 0.4) is 0 Å². The van der Waals surface area contributed by atoms with Gasteiger partial charge in [-0.25, -0.2) is 4.79 Å². The molecule has 1 rings (SSSR count). The fraction of sp³-hybridized carbons (Fsp3) is 0.571. The maximum atomic E-state index is 10.6. The van der Waals surface area contributed by atoms with Crippen molar-refractivity contribution in [1.29, 1.82) is 0 Å². The minimum absolute atomic E-state index is 0. The Morgan fingerprint density at radius 2 is 1.53 bits per heavy atom. The molecule has 1 saturated heterocycles. The average molecular weight is 241 g/mol. The van der Waals surface area contributed by atoms with E-state index < -0.39 is 35.8 Å². The molecule has 0 aromatic heterocycles. The van der Waals surface area contributed by atoms with Crippen LogP contribution in [0.1, 0.15) is 0 Å². The fourth-order valence-electron chi connectivity index (χ4n) is 1.38. The van der Waals surface area contributed by atoms with Crippen molar-refractivity contribution in [3.8, 4) is 0 Å². The molecular formula is C7H9ClO7. The number of hydrogen-bond donors (Lipinski definition) is 3. The molecule has 15 heavy (non-hydrogen) atoms. The van der Waals surface area contributed by atoms with E-state index >= 15 is 0 Å². The number of aliphatic carboxylic acids is 3. The Morgan fingerprint density at radius 3 is 1.87 bits per heavy atom. The van der Waals surface area contributed by atoms with E-state index in [2.05, 4.69) is 4.74 Å². The minimum Gasteiger partial charge on any atom is -0.481 e. The summed E-state index contributed by atoms with van der Waals surface area (Å²) in [7, 11) is 0. The summed E-state index contributed by atoms with van der Waals surface area (Å²) in [5, 5.41) is 25.8. The van der Waals surface area contributed by atoms with Crippen molar-refractivity contribution in [3.05, 3.63) is 0 Å². The zero-order chi connectivity index (χ0) is 10.9. The molecular weight excluding hydrogens is 232 g/mol. The highest BCUT2D eigenvalue weighted by atomic mass is 35.5. The Balaban J connectivity index is 0.00000196. The van der Waals surface area contributed by atoms with Gasteiger partial charge >= 0.3 is 17.9 Å². The maximum absolute atomic E-state index is 10.6. The quantitative estimate of drug-likeness (QED) is 0.596. The van der Waals surface area contributed by atoms with Crippen molar-refractivity contribution in [2.24, 2.45) is 11.8 Å². The van der Waals surface area contributed by atoms with Gasteiger partial charge in [0.05, 0.1) is 12.5 Å². The maximum Gasteiger partial charge on any atom is 0.333 e. The van der Waals surface area contributed by atoms with Crippen LogP contribution in [0, 0.1) is 11.8 Å². The van der Waals surface area contributed by atoms with Gasteiger partial charge in [-0.1, -0.05) is 0 Å². The van der Waals surface area contributed by atoms with E-state index in [1.54, 1.807) is 0 Å². The lowest BCUT2D eigenvalue weighted by Crippen LogP contribution is -2.36. The molecule has 1 aliphatic rings. The van der Waals surface area contributed by atoms with Crippen molar-refractivity contribution in [3.63, 3.8) is 0 Å². The van der Waals surface area contributed by atoms with Crippen molar-refractivity contribution in [2.45, 2.75) is 6.10 Å². The largest absolute Gasteiger partial charge is 0.481 e. The summed E-state index contributed by atoms with van der Waals surface area (Å²) < 4.78 is 4.60. The summed E-state index contributed by atoms with van der Waals surface area (Å²) in [6.07, 6.45) is -1.58. The summed E-state index contributed by atoms with van der Waals surface area (Å²) >= 11 is 0. The van der Waals surface area contributed by atoms with Crippen molar-refractivity contribution in [1.82, 2.24) is 0 Å². The van der Waals surface area contributed by atoms with E-state index in [0.29, 0.717) is 0 Å². The van der Waals surface area contributed by atoms with Crippen LogP contribution in [-0.4, -0.2) is 45.9 Å². The number of carboxylic acid groups (broad SMARTS) is 3. The summed E-state index contributed by atoms with van der Waals surface area (Å²) in [4.78, 5) is 31.7. The third-order valence-electron chi connectivity index (χ3n) is 2.06. The van der Waals surface area contributed by atoms with E-state index in [0.717, 1.165) is 0 Å². The van der Waals surface area contributed by atoms with Crippen LogP contribution in [0.2, 0.25) is 0 Å². The second-order valence-corrected chi connectivity index (χ2v) is 2.90. The minimum atomic E-state index is -1.58. The highest BCUT2D eigenvalue weighted by Crippen LogP contribution is 2.27. The molecule has 0 spiro atoms. The third-order valence-corrected chi connectivity index (χ3v) is 2.06. The Morgan fingerprint density at radius 1 is 1.00 bits per heavy atom. The van der Waals surface area contributed by atoms with Gasteiger partial charge in [0.25, 0.3) is 0 Å². The Labute approximate surface area is 90.1 Å². The van der Waals surface area contributed by atoms with Gasteiger partial charge in [0, 0.05) is 0 Å². The zero-order valence-electron chi connectivity index (χ0n) is 7.32. The van der Waals surface area contributed by atoms with Crippen LogP contribution in [0.25, 0.3) is 0 Å². The number of ether oxygens (including phenoxy) is 1. The molecule has 3 N–H and O–H groups in total. The van der Waals surface area contributed by atoms with Crippen molar-refractivity contribution >= 4 is 30.3 Å². The first-order chi connectivity index (χ1) is 6.45. The first-order valence-electron chi connectivity index (χ1n) is 3.75. The molecule has 1 heterocycles. The molecule has 0 aromatic carbocycles. The molecule has 0 bridgehead atoms. The number of carbonyl (C=O) groups is 3. The normalized spacial score (nSPS) is 29.2. The SMILES string of the molecule is Cl.O=C(O)C1COC(C(=O)O)C1C(=O)O. The lowest BCUT2D eigenvalue weighted by molar-refractivity contribution is -0.159. The van der Waals surface area contributed by atoms with E-state index in [1.807, 2.05) is 0 Å². The van der Waals surface area contributed by atoms with Crippen LogP contribution in [-0.2, 0) is 19.1 Å². The van der Waals surface area contributed by atoms with E-state index in [9.17, 15) is 14.4 Å². The van der Waals surface area contributed by atoms with Crippen LogP contribution >= 0.6 is 12.4 Å². The Kier molecular flexibility index (Phi) is 4.50. The number of rotatable bonds is 3. The second-order valence-electron chi connectivity index (χ2n) is 2.90. The Bertz CT molecular complexity index is 267. The average Bonchev–Trinajstić information content (AvgIpc) is 2.46. The standard InChI is InChI=1S/C7H8O7.ClH/c8-5(9)2-1-14-4(7(12)13)3(2)6(10)11;/h2-4H,1H2,(H,8,9)(H,10,11)(H,12,13);1H. The van der Waals surface area contributed by atoms with Gasteiger partial charge in [0.15, 0.2) is 6.10 Å². The highest BCUT2D eigenvalue weighted by molar-refractivity contribution is 5.87. The van der Waals surface area contributed by atoms with Crippen LogP contribution in [0.15, 0.2) is 0 Å². The third kappa shape index (κ3) is 2.57. The second kappa shape index (κ2) is 4.94. The van der Waals surface area contributed by atoms with Crippen LogP contribution in [0.4, 0.5) is 0 Å². The summed E-state index contributed by atoms with van der Waals surface area (Å²) in [5.74, 6) is -7.11. The number of halogens is 1. The smallest absolute Gasteiger partial charge is 0.333 e. The Hall–Kier alpha value is -1.34. The molecule has 0 radical (unpaired) electrons. The first kappa shape index (κ1) is 13.7. The lowest BCUT2D eigenvalue weighted by atomic mass is 9.91. The molecule has 1 fully saturated rings. The molecule has 0 aromatic rings. The molecule has 1 aliphatic heterocycles. The lowest BCUT2D eigenvalue weighted by Gasteiger charge is -2.12. The number of hydrogen-bond acceptors (Lipinski definition) is 4. The molecule has 0 aliphatic carbocycles. The molecule has 86 valence electrons. The van der Waals surface area contributed by atoms with Gasteiger partial charge in [0.2, 0.25) is 0 Å². The van der Waals surface area contributed by atoms with Gasteiger partial charge in [-0.2, -0.15) is 0 Å². The predicted molar refractivity (Wildman–Crippen MR) is 46.9 cm³/mol. The van der Waals surface area contributed by atoms with Gasteiger partial charge in [-0.15, -0.1) is 12.4 Å². The van der Waals surface area contributed by atoms with Gasteiger partial charge in [-0.05, 0) is 0 Å². The molecule has 0 saturated carbocycles. The van der Waals surface area contributed by atoms with Gasteiger partial charge < -0.3 is 20.1 Å². The van der Waals surface area contributed by atoms with E-state index in [4.69, 9.17) is 15.3 Å². The van der Waals surface area contributed by atoms with Gasteiger partial charge in [-0.3, -0.25) is 9.59 Å². The molecule has 8 heteroatoms. The van der Waals surface area contributed by atoms with Crippen molar-refractivity contribution < 1.29 is 34.4 Å². The molecule has 0 amide bonds. The number of carboxylic acids is 3. The zero-order valence-corrected chi connectivity index (χ0v) is 8.14. The molecule has 3 atom stereocenters. The monoisotopic (exact) mass is 240 g/mol. The molecule has 3 unspecified atom stereocenters. The summed E-state index contributed by atoms with van der Waals surface area (Å²) in [6, 6.07) is 0. The van der Waals surface area contributed by atoms with Crippen molar-refractivity contribution in [2.75, 3.05) is 6.61 Å². The first-order valence-corrected chi connectivity index (χ1v) is 3.75. The van der Waals surface area contributed by atoms with E-state index in [-0.39, 0.29) is 19.0 Å². The topological polar surface area (TPSA) is 121 Å².